The Balaban J connectivity index is 0. The standard InChI is InChI=1S/2C12H22O4/c2*1-9(2)15-11(13)7-5-6-8-12(14)16-10(3)4/h2*9-10H,5-8H2,1-4H3. The lowest BCUT2D eigenvalue weighted by atomic mass is 10.2. The van der Waals surface area contributed by atoms with Crippen LogP contribution >= 0.6 is 0 Å². The van der Waals surface area contributed by atoms with Crippen molar-refractivity contribution in [2.24, 2.45) is 0 Å². The lowest BCUT2D eigenvalue weighted by molar-refractivity contribution is -0.149. The minimum absolute atomic E-state index is 0.0709. The van der Waals surface area contributed by atoms with Gasteiger partial charge in [0.25, 0.3) is 0 Å². The Kier molecular flexibility index (Phi) is 19.6. The zero-order valence-electron chi connectivity index (χ0n) is 21.2. The van der Waals surface area contributed by atoms with Crippen molar-refractivity contribution in [1.82, 2.24) is 0 Å². The molecule has 0 amide bonds. The van der Waals surface area contributed by atoms with E-state index in [1.165, 1.54) is 0 Å². The summed E-state index contributed by atoms with van der Waals surface area (Å²) in [5, 5.41) is 0. The van der Waals surface area contributed by atoms with Crippen LogP contribution in [0.2, 0.25) is 0 Å². The van der Waals surface area contributed by atoms with E-state index >= 15 is 0 Å². The Morgan fingerprint density at radius 1 is 0.406 bits per heavy atom. The molecule has 0 atom stereocenters. The molecule has 0 aliphatic rings. The predicted octanol–water partition coefficient (Wildman–Crippen LogP) is 4.90. The molecule has 0 N–H and O–H groups in total. The second-order valence-corrected chi connectivity index (χ2v) is 8.57. The zero-order valence-corrected chi connectivity index (χ0v) is 21.2. The summed E-state index contributed by atoms with van der Waals surface area (Å²) in [7, 11) is 0. The average molecular weight is 461 g/mol. The van der Waals surface area contributed by atoms with E-state index in [0.29, 0.717) is 51.4 Å². The summed E-state index contributed by atoms with van der Waals surface area (Å²) in [4.78, 5) is 44.6. The fourth-order valence-corrected chi connectivity index (χ4v) is 2.36. The maximum absolute atomic E-state index is 11.1. The van der Waals surface area contributed by atoms with E-state index in [1.54, 1.807) is 0 Å². The zero-order chi connectivity index (χ0) is 25.1. The van der Waals surface area contributed by atoms with Crippen molar-refractivity contribution in [2.45, 2.75) is 131 Å². The van der Waals surface area contributed by atoms with Crippen LogP contribution in [0.15, 0.2) is 0 Å². The van der Waals surface area contributed by atoms with Gasteiger partial charge in [0.05, 0.1) is 24.4 Å². The number of ether oxygens (including phenoxy) is 4. The lowest BCUT2D eigenvalue weighted by Crippen LogP contribution is -2.12. The van der Waals surface area contributed by atoms with Gasteiger partial charge in [0.15, 0.2) is 0 Å². The first-order valence-electron chi connectivity index (χ1n) is 11.6. The lowest BCUT2D eigenvalue weighted by Gasteiger charge is -2.08. The van der Waals surface area contributed by atoms with E-state index < -0.39 is 0 Å². The fourth-order valence-electron chi connectivity index (χ4n) is 2.36. The van der Waals surface area contributed by atoms with Crippen molar-refractivity contribution >= 4 is 23.9 Å². The molecular formula is C24H44O8. The van der Waals surface area contributed by atoms with E-state index in [-0.39, 0.29) is 48.3 Å². The third-order valence-corrected chi connectivity index (χ3v) is 3.49. The molecule has 0 aliphatic heterocycles. The first-order valence-corrected chi connectivity index (χ1v) is 11.6. The minimum Gasteiger partial charge on any atom is -0.463 e. The van der Waals surface area contributed by atoms with Gasteiger partial charge in [0.1, 0.15) is 0 Å². The first-order chi connectivity index (χ1) is 14.8. The van der Waals surface area contributed by atoms with Crippen LogP contribution in [0.4, 0.5) is 0 Å². The summed E-state index contributed by atoms with van der Waals surface area (Å²) in [6.07, 6.45) is 3.85. The van der Waals surface area contributed by atoms with E-state index in [4.69, 9.17) is 18.9 Å². The Bertz CT molecular complexity index is 442. The molecule has 0 radical (unpaired) electrons. The van der Waals surface area contributed by atoms with Crippen LogP contribution in [0, 0.1) is 0 Å². The number of unbranched alkanes of at least 4 members (excludes halogenated alkanes) is 2. The van der Waals surface area contributed by atoms with Crippen molar-refractivity contribution < 1.29 is 38.1 Å². The first kappa shape index (κ1) is 32.1. The number of carbonyl (C=O) groups excluding carboxylic acids is 4. The molecule has 0 spiro atoms. The second-order valence-electron chi connectivity index (χ2n) is 8.57. The van der Waals surface area contributed by atoms with Crippen molar-refractivity contribution in [2.75, 3.05) is 0 Å². The largest absolute Gasteiger partial charge is 0.463 e. The highest BCUT2D eigenvalue weighted by atomic mass is 16.6. The van der Waals surface area contributed by atoms with Crippen LogP contribution in [-0.4, -0.2) is 48.3 Å². The van der Waals surface area contributed by atoms with Gasteiger partial charge in [-0.05, 0) is 81.1 Å². The van der Waals surface area contributed by atoms with Gasteiger partial charge in [-0.15, -0.1) is 0 Å². The molecule has 0 aromatic rings. The quantitative estimate of drug-likeness (QED) is 0.205. The van der Waals surface area contributed by atoms with Crippen LogP contribution in [0.25, 0.3) is 0 Å². The molecular weight excluding hydrogens is 416 g/mol. The van der Waals surface area contributed by atoms with Crippen molar-refractivity contribution in [3.8, 4) is 0 Å². The fraction of sp³-hybridized carbons (Fsp3) is 0.833. The van der Waals surface area contributed by atoms with Gasteiger partial charge in [0.2, 0.25) is 0 Å². The van der Waals surface area contributed by atoms with Crippen LogP contribution in [0.3, 0.4) is 0 Å². The highest BCUT2D eigenvalue weighted by Crippen LogP contribution is 2.06. The molecule has 0 saturated carbocycles. The number of carbonyl (C=O) groups is 4. The number of hydrogen-bond donors (Lipinski definition) is 0. The Morgan fingerprint density at radius 2 is 0.562 bits per heavy atom. The molecule has 0 aliphatic carbocycles. The molecule has 0 bridgehead atoms. The van der Waals surface area contributed by atoms with Crippen LogP contribution in [-0.2, 0) is 38.1 Å². The number of hydrogen-bond acceptors (Lipinski definition) is 8. The number of esters is 4. The Morgan fingerprint density at radius 3 is 0.688 bits per heavy atom. The van der Waals surface area contributed by atoms with Gasteiger partial charge in [-0.1, -0.05) is 0 Å². The average Bonchev–Trinajstić information content (AvgIpc) is 2.60. The summed E-state index contributed by atoms with van der Waals surface area (Å²) in [6, 6.07) is 0. The molecule has 0 aromatic heterocycles. The normalized spacial score (nSPS) is 10.6. The summed E-state index contributed by atoms with van der Waals surface area (Å²) in [5.74, 6) is -0.807. The van der Waals surface area contributed by atoms with Crippen molar-refractivity contribution in [3.63, 3.8) is 0 Å². The van der Waals surface area contributed by atoms with E-state index in [2.05, 4.69) is 0 Å². The Labute approximate surface area is 193 Å². The maximum atomic E-state index is 11.1. The molecule has 0 rings (SSSR count). The summed E-state index contributed by atoms with van der Waals surface area (Å²) < 4.78 is 19.9. The second kappa shape index (κ2) is 19.6. The molecule has 0 unspecified atom stereocenters. The highest BCUT2D eigenvalue weighted by molar-refractivity contribution is 5.71. The smallest absolute Gasteiger partial charge is 0.306 e. The maximum Gasteiger partial charge on any atom is 0.306 e. The molecule has 32 heavy (non-hydrogen) atoms. The minimum atomic E-state index is -0.202. The van der Waals surface area contributed by atoms with Crippen LogP contribution < -0.4 is 0 Å². The molecule has 188 valence electrons. The van der Waals surface area contributed by atoms with Gasteiger partial charge >= 0.3 is 23.9 Å². The Hall–Kier alpha value is -2.12. The van der Waals surface area contributed by atoms with Crippen LogP contribution in [0.5, 0.6) is 0 Å². The molecule has 0 aromatic carbocycles. The number of rotatable bonds is 14. The monoisotopic (exact) mass is 460 g/mol. The molecule has 8 nitrogen and oxygen atoms in total. The van der Waals surface area contributed by atoms with Crippen LogP contribution in [0.1, 0.15) is 107 Å². The summed E-state index contributed by atoms with van der Waals surface area (Å²) in [6.45, 7) is 14.5. The predicted molar refractivity (Wildman–Crippen MR) is 122 cm³/mol. The van der Waals surface area contributed by atoms with Gasteiger partial charge in [-0.25, -0.2) is 0 Å². The molecule has 0 heterocycles. The van der Waals surface area contributed by atoms with E-state index in [1.807, 2.05) is 55.4 Å². The van der Waals surface area contributed by atoms with E-state index in [9.17, 15) is 19.2 Å². The SMILES string of the molecule is CC(C)OC(=O)CCCCC(=O)OC(C)C.CC(C)OC(=O)CCCCC(=O)OC(C)C. The van der Waals surface area contributed by atoms with E-state index in [0.717, 1.165) is 0 Å². The van der Waals surface area contributed by atoms with Gasteiger partial charge in [0, 0.05) is 25.7 Å². The van der Waals surface area contributed by atoms with Crippen molar-refractivity contribution in [1.29, 1.82) is 0 Å². The summed E-state index contributed by atoms with van der Waals surface area (Å²) >= 11 is 0. The topological polar surface area (TPSA) is 105 Å². The third-order valence-electron chi connectivity index (χ3n) is 3.49. The van der Waals surface area contributed by atoms with Gasteiger partial charge in [-0.3, -0.25) is 19.2 Å². The van der Waals surface area contributed by atoms with Crippen molar-refractivity contribution in [3.05, 3.63) is 0 Å². The van der Waals surface area contributed by atoms with Gasteiger partial charge in [-0.2, -0.15) is 0 Å². The molecule has 0 fully saturated rings. The van der Waals surface area contributed by atoms with Gasteiger partial charge < -0.3 is 18.9 Å². The molecule has 0 saturated heterocycles. The summed E-state index contributed by atoms with van der Waals surface area (Å²) in [5.41, 5.74) is 0. The third kappa shape index (κ3) is 25.9. The molecule has 8 heteroatoms. The highest BCUT2D eigenvalue weighted by Gasteiger charge is 2.09.